The Kier molecular flexibility index (Phi) is 5.39. The fourth-order valence-electron chi connectivity index (χ4n) is 3.06. The molecule has 5 heteroatoms. The van der Waals surface area contributed by atoms with E-state index in [1.165, 1.54) is 12.0 Å². The van der Waals surface area contributed by atoms with Crippen LogP contribution in [0.1, 0.15) is 45.6 Å². The fraction of sp³-hybridized carbons (Fsp3) is 0.750. The zero-order valence-corrected chi connectivity index (χ0v) is 14.1. The van der Waals surface area contributed by atoms with Gasteiger partial charge in [-0.1, -0.05) is 20.8 Å². The topological polar surface area (TPSA) is 44.3 Å². The van der Waals surface area contributed by atoms with Crippen LogP contribution in [0.4, 0.5) is 11.6 Å². The van der Waals surface area contributed by atoms with Gasteiger partial charge in [-0.3, -0.25) is 4.90 Å². The minimum atomic E-state index is 0.412. The van der Waals surface area contributed by atoms with Crippen LogP contribution < -0.4 is 10.2 Å². The van der Waals surface area contributed by atoms with Crippen molar-refractivity contribution in [3.63, 3.8) is 0 Å². The lowest BCUT2D eigenvalue weighted by atomic mass is 10.0. The molecule has 0 radical (unpaired) electrons. The van der Waals surface area contributed by atoms with E-state index in [0.717, 1.165) is 37.8 Å². The molecule has 0 amide bonds. The largest absolute Gasteiger partial charge is 0.370 e. The highest BCUT2D eigenvalue weighted by molar-refractivity contribution is 5.60. The van der Waals surface area contributed by atoms with E-state index in [9.17, 15) is 0 Å². The maximum atomic E-state index is 4.62. The summed E-state index contributed by atoms with van der Waals surface area (Å²) >= 11 is 0. The van der Waals surface area contributed by atoms with E-state index in [1.807, 2.05) is 0 Å². The van der Waals surface area contributed by atoms with Crippen molar-refractivity contribution in [2.24, 2.45) is 0 Å². The first-order valence-electron chi connectivity index (χ1n) is 8.12. The number of aromatic nitrogens is 2. The minimum absolute atomic E-state index is 0.412. The highest BCUT2D eigenvalue weighted by Crippen LogP contribution is 2.32. The summed E-state index contributed by atoms with van der Waals surface area (Å²) in [6.07, 6.45) is 2.87. The van der Waals surface area contributed by atoms with E-state index < -0.39 is 0 Å². The van der Waals surface area contributed by atoms with Crippen LogP contribution in [0.2, 0.25) is 0 Å². The molecule has 0 saturated carbocycles. The van der Waals surface area contributed by atoms with Gasteiger partial charge in [-0.25, -0.2) is 9.97 Å². The molecule has 0 aliphatic carbocycles. The van der Waals surface area contributed by atoms with Gasteiger partial charge in [0.05, 0.1) is 0 Å². The summed E-state index contributed by atoms with van der Waals surface area (Å²) in [5.41, 5.74) is 1.25. The van der Waals surface area contributed by atoms with E-state index in [4.69, 9.17) is 0 Å². The molecule has 2 rings (SSSR count). The van der Waals surface area contributed by atoms with Crippen LogP contribution in [0.25, 0.3) is 0 Å². The first-order chi connectivity index (χ1) is 10.1. The number of hydrogen-bond donors (Lipinski definition) is 1. The molecule has 21 heavy (non-hydrogen) atoms. The Morgan fingerprint density at radius 2 is 2.05 bits per heavy atom. The number of nitrogens with zero attached hydrogens (tertiary/aromatic N) is 4. The molecule has 1 atom stereocenters. The molecule has 2 heterocycles. The van der Waals surface area contributed by atoms with E-state index >= 15 is 0 Å². The first kappa shape index (κ1) is 16.0. The monoisotopic (exact) mass is 291 g/mol. The summed E-state index contributed by atoms with van der Waals surface area (Å²) in [6, 6.07) is 0.608. The van der Waals surface area contributed by atoms with Crippen molar-refractivity contribution in [2.45, 2.75) is 46.1 Å². The van der Waals surface area contributed by atoms with Gasteiger partial charge in [0.2, 0.25) is 0 Å². The van der Waals surface area contributed by atoms with Gasteiger partial charge < -0.3 is 10.2 Å². The molecule has 1 aromatic rings. The molecule has 1 fully saturated rings. The number of likely N-dealkylation sites (N-methyl/N-ethyl adjacent to an activating group) is 1. The normalized spacial score (nSPS) is 20.1. The molecule has 1 aromatic heterocycles. The van der Waals surface area contributed by atoms with Crippen molar-refractivity contribution in [3.8, 4) is 0 Å². The van der Waals surface area contributed by atoms with E-state index in [-0.39, 0.29) is 0 Å². The molecule has 0 spiro atoms. The second kappa shape index (κ2) is 7.07. The lowest BCUT2D eigenvalue weighted by Crippen LogP contribution is -2.51. The van der Waals surface area contributed by atoms with E-state index in [0.29, 0.717) is 12.0 Å². The Morgan fingerprint density at radius 1 is 1.29 bits per heavy atom. The molecule has 1 aliphatic heterocycles. The van der Waals surface area contributed by atoms with Gasteiger partial charge in [0.25, 0.3) is 0 Å². The van der Waals surface area contributed by atoms with Gasteiger partial charge in [-0.2, -0.15) is 0 Å². The van der Waals surface area contributed by atoms with Gasteiger partial charge in [0.1, 0.15) is 18.0 Å². The number of nitrogens with one attached hydrogen (secondary N) is 1. The van der Waals surface area contributed by atoms with Crippen LogP contribution in [0.5, 0.6) is 0 Å². The summed E-state index contributed by atoms with van der Waals surface area (Å²) in [4.78, 5) is 13.9. The van der Waals surface area contributed by atoms with Crippen LogP contribution in [0.3, 0.4) is 0 Å². The highest BCUT2D eigenvalue weighted by Gasteiger charge is 2.27. The van der Waals surface area contributed by atoms with Crippen LogP contribution in [-0.2, 0) is 0 Å². The number of rotatable bonds is 5. The third-order valence-corrected chi connectivity index (χ3v) is 4.33. The quantitative estimate of drug-likeness (QED) is 0.903. The van der Waals surface area contributed by atoms with Crippen molar-refractivity contribution < 1.29 is 0 Å². The molecule has 1 saturated heterocycles. The van der Waals surface area contributed by atoms with Crippen molar-refractivity contribution >= 4 is 11.6 Å². The first-order valence-corrected chi connectivity index (χ1v) is 8.12. The van der Waals surface area contributed by atoms with Crippen molar-refractivity contribution in [1.29, 1.82) is 0 Å². The standard InChI is InChI=1S/C16H29N5/c1-6-13-10-21(9-8-20(13)5)16-14(12(3)4)15(17-7-2)18-11-19-16/h11-13H,6-10H2,1-5H3,(H,17,18,19). The van der Waals surface area contributed by atoms with Crippen LogP contribution >= 0.6 is 0 Å². The zero-order chi connectivity index (χ0) is 15.4. The lowest BCUT2D eigenvalue weighted by molar-refractivity contribution is 0.212. The molecular weight excluding hydrogens is 262 g/mol. The summed E-state index contributed by atoms with van der Waals surface area (Å²) in [5.74, 6) is 2.52. The van der Waals surface area contributed by atoms with Crippen LogP contribution in [0.15, 0.2) is 6.33 Å². The molecular formula is C16H29N5. The predicted molar refractivity (Wildman–Crippen MR) is 89.2 cm³/mol. The number of piperazine rings is 1. The summed E-state index contributed by atoms with van der Waals surface area (Å²) in [6.45, 7) is 12.9. The zero-order valence-electron chi connectivity index (χ0n) is 14.1. The Bertz CT molecular complexity index is 460. The Balaban J connectivity index is 2.32. The Morgan fingerprint density at radius 3 is 2.67 bits per heavy atom. The highest BCUT2D eigenvalue weighted by atomic mass is 15.3. The average molecular weight is 291 g/mol. The minimum Gasteiger partial charge on any atom is -0.370 e. The van der Waals surface area contributed by atoms with Crippen molar-refractivity contribution in [3.05, 3.63) is 11.9 Å². The van der Waals surface area contributed by atoms with Gasteiger partial charge in [0.15, 0.2) is 0 Å². The molecule has 118 valence electrons. The SMILES string of the molecule is CCNc1ncnc(N2CCN(C)C(CC)C2)c1C(C)C. The Hall–Kier alpha value is -1.36. The second-order valence-electron chi connectivity index (χ2n) is 6.13. The van der Waals surface area contributed by atoms with Gasteiger partial charge in [-0.05, 0) is 26.3 Å². The summed E-state index contributed by atoms with van der Waals surface area (Å²) in [7, 11) is 2.22. The number of hydrogen-bond acceptors (Lipinski definition) is 5. The van der Waals surface area contributed by atoms with Crippen LogP contribution in [-0.4, -0.2) is 54.1 Å². The summed E-state index contributed by atoms with van der Waals surface area (Å²) in [5, 5.41) is 3.38. The van der Waals surface area contributed by atoms with Crippen molar-refractivity contribution in [1.82, 2.24) is 14.9 Å². The van der Waals surface area contributed by atoms with Gasteiger partial charge >= 0.3 is 0 Å². The molecule has 0 aromatic carbocycles. The molecule has 1 N–H and O–H groups in total. The summed E-state index contributed by atoms with van der Waals surface area (Å²) < 4.78 is 0. The number of anilines is 2. The molecule has 1 aliphatic rings. The third kappa shape index (κ3) is 3.46. The van der Waals surface area contributed by atoms with Crippen molar-refractivity contribution in [2.75, 3.05) is 43.4 Å². The third-order valence-electron chi connectivity index (χ3n) is 4.33. The second-order valence-corrected chi connectivity index (χ2v) is 6.13. The maximum Gasteiger partial charge on any atom is 0.137 e. The lowest BCUT2D eigenvalue weighted by Gasteiger charge is -2.40. The molecule has 5 nitrogen and oxygen atoms in total. The smallest absolute Gasteiger partial charge is 0.137 e. The van der Waals surface area contributed by atoms with Crippen LogP contribution in [0, 0.1) is 0 Å². The predicted octanol–water partition coefficient (Wildman–Crippen LogP) is 2.56. The molecule has 1 unspecified atom stereocenters. The maximum absolute atomic E-state index is 4.62. The van der Waals surface area contributed by atoms with Gasteiger partial charge in [-0.15, -0.1) is 0 Å². The Labute approximate surface area is 128 Å². The van der Waals surface area contributed by atoms with Gasteiger partial charge in [0, 0.05) is 37.8 Å². The fourth-order valence-corrected chi connectivity index (χ4v) is 3.06. The van der Waals surface area contributed by atoms with E-state index in [1.54, 1.807) is 6.33 Å². The van der Waals surface area contributed by atoms with E-state index in [2.05, 4.69) is 59.8 Å². The molecule has 0 bridgehead atoms. The average Bonchev–Trinajstić information content (AvgIpc) is 2.47.